The van der Waals surface area contributed by atoms with E-state index in [9.17, 15) is 19.2 Å². The summed E-state index contributed by atoms with van der Waals surface area (Å²) in [5.74, 6) is -0.904. The number of nitrogens with one attached hydrogen (secondary N) is 2. The fraction of sp³-hybridized carbons (Fsp3) is 0.238. The predicted molar refractivity (Wildman–Crippen MR) is 113 cm³/mol. The normalized spacial score (nSPS) is 19.5. The molecule has 2 aliphatic heterocycles. The number of amides is 5. The first-order valence-electron chi connectivity index (χ1n) is 9.57. The summed E-state index contributed by atoms with van der Waals surface area (Å²) < 4.78 is 5.61. The van der Waals surface area contributed by atoms with Crippen LogP contribution in [-0.4, -0.2) is 47.6 Å². The molecule has 9 nitrogen and oxygen atoms in total. The van der Waals surface area contributed by atoms with Gasteiger partial charge < -0.3 is 21.1 Å². The molecule has 2 aromatic carbocycles. The van der Waals surface area contributed by atoms with Crippen LogP contribution >= 0.6 is 11.8 Å². The highest BCUT2D eigenvalue weighted by Crippen LogP contribution is 2.40. The number of fused-ring (bicyclic) bond motifs is 2. The maximum Gasteiger partial charge on any atom is 0.325 e. The number of carbonyl (C=O) groups is 4. The lowest BCUT2D eigenvalue weighted by Gasteiger charge is -2.33. The Morgan fingerprint density at radius 2 is 1.90 bits per heavy atom. The average molecular weight is 440 g/mol. The Kier molecular flexibility index (Phi) is 5.55. The zero-order chi connectivity index (χ0) is 22.0. The van der Waals surface area contributed by atoms with Gasteiger partial charge >= 0.3 is 6.03 Å². The van der Waals surface area contributed by atoms with Crippen molar-refractivity contribution in [3.05, 3.63) is 54.1 Å². The molecule has 2 heterocycles. The SMILES string of the molecule is NC(=O)CSc1ccccc1NC(=O)CN1C(=O)NC2(CCOc3ccccc32)C1=O. The quantitative estimate of drug-likeness (QED) is 0.460. The van der Waals surface area contributed by atoms with Gasteiger partial charge in [-0.25, -0.2) is 4.79 Å². The molecule has 31 heavy (non-hydrogen) atoms. The van der Waals surface area contributed by atoms with Gasteiger partial charge in [-0.2, -0.15) is 0 Å². The number of carbonyl (C=O) groups excluding carboxylic acids is 4. The molecule has 4 rings (SSSR count). The minimum Gasteiger partial charge on any atom is -0.493 e. The molecule has 0 bridgehead atoms. The largest absolute Gasteiger partial charge is 0.493 e. The van der Waals surface area contributed by atoms with Gasteiger partial charge in [-0.3, -0.25) is 19.3 Å². The Hall–Kier alpha value is -3.53. The van der Waals surface area contributed by atoms with Crippen LogP contribution in [0.15, 0.2) is 53.4 Å². The Labute approximate surface area is 182 Å². The van der Waals surface area contributed by atoms with Gasteiger partial charge in [0.05, 0.1) is 18.0 Å². The Balaban J connectivity index is 1.50. The Morgan fingerprint density at radius 1 is 1.16 bits per heavy atom. The maximum absolute atomic E-state index is 13.2. The van der Waals surface area contributed by atoms with Crippen molar-refractivity contribution in [2.24, 2.45) is 5.73 Å². The molecule has 1 fully saturated rings. The maximum atomic E-state index is 13.2. The summed E-state index contributed by atoms with van der Waals surface area (Å²) in [6.45, 7) is -0.169. The number of ether oxygens (including phenoxy) is 1. The molecule has 0 radical (unpaired) electrons. The smallest absolute Gasteiger partial charge is 0.325 e. The Bertz CT molecular complexity index is 1080. The van der Waals surface area contributed by atoms with E-state index in [2.05, 4.69) is 10.6 Å². The molecule has 1 atom stereocenters. The van der Waals surface area contributed by atoms with Crippen molar-refractivity contribution < 1.29 is 23.9 Å². The average Bonchev–Trinajstić information content (AvgIpc) is 2.98. The van der Waals surface area contributed by atoms with Crippen LogP contribution < -0.4 is 21.1 Å². The van der Waals surface area contributed by atoms with Gasteiger partial charge in [-0.15, -0.1) is 11.8 Å². The van der Waals surface area contributed by atoms with Crippen molar-refractivity contribution in [2.45, 2.75) is 16.9 Å². The number of anilines is 1. The molecular weight excluding hydrogens is 420 g/mol. The second-order valence-electron chi connectivity index (χ2n) is 7.12. The molecular formula is C21H20N4O5S. The molecule has 5 amide bonds. The summed E-state index contributed by atoms with van der Waals surface area (Å²) in [5.41, 5.74) is 5.00. The van der Waals surface area contributed by atoms with E-state index in [0.29, 0.717) is 21.9 Å². The van der Waals surface area contributed by atoms with E-state index >= 15 is 0 Å². The number of nitrogens with two attached hydrogens (primary N) is 1. The lowest BCUT2D eigenvalue weighted by molar-refractivity contribution is -0.135. The topological polar surface area (TPSA) is 131 Å². The second kappa shape index (κ2) is 8.31. The number of urea groups is 1. The van der Waals surface area contributed by atoms with Crippen LogP contribution in [0, 0.1) is 0 Å². The van der Waals surface area contributed by atoms with Gasteiger partial charge in [0.15, 0.2) is 5.54 Å². The van der Waals surface area contributed by atoms with Gasteiger partial charge in [0.25, 0.3) is 5.91 Å². The highest BCUT2D eigenvalue weighted by molar-refractivity contribution is 8.00. The van der Waals surface area contributed by atoms with Crippen LogP contribution in [0.2, 0.25) is 0 Å². The molecule has 2 aliphatic rings. The van der Waals surface area contributed by atoms with Crippen molar-refractivity contribution >= 4 is 41.2 Å². The van der Waals surface area contributed by atoms with E-state index in [1.165, 1.54) is 11.8 Å². The monoisotopic (exact) mass is 440 g/mol. The number of rotatable bonds is 6. The molecule has 1 unspecified atom stereocenters. The first-order valence-corrected chi connectivity index (χ1v) is 10.6. The Morgan fingerprint density at radius 3 is 2.71 bits per heavy atom. The van der Waals surface area contributed by atoms with Gasteiger partial charge in [0.2, 0.25) is 11.8 Å². The van der Waals surface area contributed by atoms with Crippen LogP contribution in [0.1, 0.15) is 12.0 Å². The van der Waals surface area contributed by atoms with E-state index in [1.807, 2.05) is 0 Å². The lowest BCUT2D eigenvalue weighted by Crippen LogP contribution is -2.48. The molecule has 10 heteroatoms. The van der Waals surface area contributed by atoms with Crippen LogP contribution in [0.25, 0.3) is 0 Å². The van der Waals surface area contributed by atoms with Crippen LogP contribution in [0.3, 0.4) is 0 Å². The second-order valence-corrected chi connectivity index (χ2v) is 8.14. The third kappa shape index (κ3) is 3.93. The third-order valence-corrected chi connectivity index (χ3v) is 6.19. The summed E-state index contributed by atoms with van der Waals surface area (Å²) >= 11 is 1.19. The van der Waals surface area contributed by atoms with E-state index in [0.717, 1.165) is 4.90 Å². The lowest BCUT2D eigenvalue weighted by atomic mass is 9.84. The number of nitrogens with zero attached hydrogens (tertiary/aromatic N) is 1. The van der Waals surface area contributed by atoms with Gasteiger partial charge in [0.1, 0.15) is 12.3 Å². The number of primary amides is 1. The molecule has 160 valence electrons. The number of hydrogen-bond acceptors (Lipinski definition) is 6. The number of benzene rings is 2. The summed E-state index contributed by atoms with van der Waals surface area (Å²) in [5, 5.41) is 5.46. The molecule has 0 aromatic heterocycles. The van der Waals surface area contributed by atoms with E-state index < -0.39 is 35.8 Å². The first-order chi connectivity index (χ1) is 14.9. The van der Waals surface area contributed by atoms with E-state index in [4.69, 9.17) is 10.5 Å². The van der Waals surface area contributed by atoms with Crippen molar-refractivity contribution in [1.29, 1.82) is 0 Å². The number of para-hydroxylation sites is 2. The van der Waals surface area contributed by atoms with Gasteiger partial charge in [-0.05, 0) is 18.2 Å². The van der Waals surface area contributed by atoms with Crippen LogP contribution in [-0.2, 0) is 19.9 Å². The van der Waals surface area contributed by atoms with Crippen molar-refractivity contribution in [1.82, 2.24) is 10.2 Å². The number of hydrogen-bond donors (Lipinski definition) is 3. The van der Waals surface area contributed by atoms with Crippen molar-refractivity contribution in [3.63, 3.8) is 0 Å². The molecule has 1 saturated heterocycles. The molecule has 0 saturated carbocycles. The summed E-state index contributed by atoms with van der Waals surface area (Å²) in [6, 6.07) is 13.3. The minimum absolute atomic E-state index is 0.0594. The minimum atomic E-state index is -1.23. The van der Waals surface area contributed by atoms with E-state index in [-0.39, 0.29) is 18.8 Å². The summed E-state index contributed by atoms with van der Waals surface area (Å²) in [4.78, 5) is 51.1. The zero-order valence-electron chi connectivity index (χ0n) is 16.4. The highest BCUT2D eigenvalue weighted by atomic mass is 32.2. The molecule has 4 N–H and O–H groups in total. The highest BCUT2D eigenvalue weighted by Gasteiger charge is 2.55. The molecule has 0 aliphatic carbocycles. The summed E-state index contributed by atoms with van der Waals surface area (Å²) in [7, 11) is 0. The first kappa shape index (κ1) is 20.7. The van der Waals surface area contributed by atoms with Crippen LogP contribution in [0.4, 0.5) is 10.5 Å². The van der Waals surface area contributed by atoms with Crippen molar-refractivity contribution in [3.8, 4) is 5.75 Å². The predicted octanol–water partition coefficient (Wildman–Crippen LogP) is 1.43. The van der Waals surface area contributed by atoms with Gasteiger partial charge in [-0.1, -0.05) is 30.3 Å². The standard InChI is InChI=1S/C21H20N4O5S/c22-17(26)12-31-16-8-4-2-6-14(16)23-18(27)11-25-19(28)21(24-20(25)29)9-10-30-15-7-3-1-5-13(15)21/h1-8H,9-12H2,(H2,22,26)(H,23,27)(H,24,29). The number of imide groups is 1. The number of thioether (sulfide) groups is 1. The fourth-order valence-corrected chi connectivity index (χ4v) is 4.44. The molecule has 1 spiro atoms. The zero-order valence-corrected chi connectivity index (χ0v) is 17.2. The fourth-order valence-electron chi connectivity index (χ4n) is 3.69. The third-order valence-electron chi connectivity index (χ3n) is 5.09. The summed E-state index contributed by atoms with van der Waals surface area (Å²) in [6.07, 6.45) is 0.277. The molecule has 2 aromatic rings. The van der Waals surface area contributed by atoms with E-state index in [1.54, 1.807) is 48.5 Å². The van der Waals surface area contributed by atoms with Crippen LogP contribution in [0.5, 0.6) is 5.75 Å². The van der Waals surface area contributed by atoms with Crippen molar-refractivity contribution in [2.75, 3.05) is 24.2 Å². The van der Waals surface area contributed by atoms with Gasteiger partial charge in [0, 0.05) is 16.9 Å².